The number of amides is 1. The van der Waals surface area contributed by atoms with Gasteiger partial charge in [-0.25, -0.2) is 0 Å². The highest BCUT2D eigenvalue weighted by Crippen LogP contribution is 2.19. The Bertz CT molecular complexity index is 482. The third-order valence-electron chi connectivity index (χ3n) is 4.04. The molecular formula is C16H25N3O2. The van der Waals surface area contributed by atoms with Crippen LogP contribution in [0, 0.1) is 6.92 Å². The van der Waals surface area contributed by atoms with Gasteiger partial charge >= 0.3 is 0 Å². The number of hydrogen-bond acceptors (Lipinski definition) is 4. The highest BCUT2D eigenvalue weighted by atomic mass is 16.5. The van der Waals surface area contributed by atoms with E-state index in [2.05, 4.69) is 10.2 Å². The van der Waals surface area contributed by atoms with E-state index in [-0.39, 0.29) is 11.9 Å². The molecule has 2 rings (SSSR count). The summed E-state index contributed by atoms with van der Waals surface area (Å²) in [5, 5.41) is 3.12. The topological polar surface area (TPSA) is 67.6 Å². The molecule has 0 spiro atoms. The molecule has 0 bridgehead atoms. The number of ether oxygens (including phenoxy) is 1. The van der Waals surface area contributed by atoms with E-state index in [0.717, 1.165) is 43.8 Å². The zero-order valence-electron chi connectivity index (χ0n) is 12.9. The van der Waals surface area contributed by atoms with Gasteiger partial charge in [0.2, 0.25) is 0 Å². The summed E-state index contributed by atoms with van der Waals surface area (Å²) in [6, 6.07) is 5.81. The number of nitrogens with two attached hydrogens (primary N) is 1. The van der Waals surface area contributed by atoms with Gasteiger partial charge in [0.1, 0.15) is 5.75 Å². The normalized spacial score (nSPS) is 16.7. The third kappa shape index (κ3) is 4.19. The predicted molar refractivity (Wildman–Crippen MR) is 83.7 cm³/mol. The minimum Gasteiger partial charge on any atom is -0.496 e. The highest BCUT2D eigenvalue weighted by molar-refractivity contribution is 5.94. The summed E-state index contributed by atoms with van der Waals surface area (Å²) in [6.45, 7) is 5.60. The quantitative estimate of drug-likeness (QED) is 0.854. The van der Waals surface area contributed by atoms with Crippen molar-refractivity contribution in [2.75, 3.05) is 33.3 Å². The molecule has 1 heterocycles. The van der Waals surface area contributed by atoms with E-state index in [4.69, 9.17) is 10.5 Å². The molecule has 0 unspecified atom stereocenters. The van der Waals surface area contributed by atoms with Crippen molar-refractivity contribution in [3.63, 3.8) is 0 Å². The molecule has 0 saturated carbocycles. The SMILES string of the molecule is COc1cc(C(=O)NC2CCN(CCN)CC2)ccc1C. The Labute approximate surface area is 126 Å². The second kappa shape index (κ2) is 7.43. The van der Waals surface area contributed by atoms with Crippen LogP contribution in [0.15, 0.2) is 18.2 Å². The van der Waals surface area contributed by atoms with Gasteiger partial charge in [0, 0.05) is 37.8 Å². The number of piperidine rings is 1. The van der Waals surface area contributed by atoms with E-state index in [1.165, 1.54) is 0 Å². The largest absolute Gasteiger partial charge is 0.496 e. The van der Waals surface area contributed by atoms with Gasteiger partial charge in [0.05, 0.1) is 7.11 Å². The van der Waals surface area contributed by atoms with Crippen LogP contribution in [0.4, 0.5) is 0 Å². The zero-order chi connectivity index (χ0) is 15.2. The molecule has 1 amide bonds. The molecule has 1 saturated heterocycles. The average Bonchev–Trinajstić information content (AvgIpc) is 2.50. The van der Waals surface area contributed by atoms with Gasteiger partial charge in [0.15, 0.2) is 0 Å². The van der Waals surface area contributed by atoms with Crippen molar-refractivity contribution in [2.24, 2.45) is 5.73 Å². The lowest BCUT2D eigenvalue weighted by Gasteiger charge is -2.32. The molecule has 3 N–H and O–H groups in total. The van der Waals surface area contributed by atoms with Gasteiger partial charge in [-0.3, -0.25) is 4.79 Å². The van der Waals surface area contributed by atoms with Crippen LogP contribution in [-0.2, 0) is 0 Å². The molecule has 1 aliphatic heterocycles. The fourth-order valence-corrected chi connectivity index (χ4v) is 2.71. The van der Waals surface area contributed by atoms with Gasteiger partial charge in [-0.15, -0.1) is 0 Å². The highest BCUT2D eigenvalue weighted by Gasteiger charge is 2.20. The molecule has 21 heavy (non-hydrogen) atoms. The summed E-state index contributed by atoms with van der Waals surface area (Å²) in [5.41, 5.74) is 7.25. The Balaban J connectivity index is 1.90. The molecule has 0 atom stereocenters. The summed E-state index contributed by atoms with van der Waals surface area (Å²) in [7, 11) is 1.62. The van der Waals surface area contributed by atoms with Crippen molar-refractivity contribution in [3.8, 4) is 5.75 Å². The van der Waals surface area contributed by atoms with E-state index in [1.807, 2.05) is 19.1 Å². The van der Waals surface area contributed by atoms with Crippen LogP contribution >= 0.6 is 0 Å². The van der Waals surface area contributed by atoms with Crippen LogP contribution in [0.1, 0.15) is 28.8 Å². The Morgan fingerprint density at radius 1 is 1.43 bits per heavy atom. The van der Waals surface area contributed by atoms with Crippen LogP contribution in [0.3, 0.4) is 0 Å². The minimum absolute atomic E-state index is 0.0226. The van der Waals surface area contributed by atoms with Gasteiger partial charge in [-0.2, -0.15) is 0 Å². The Morgan fingerprint density at radius 2 is 2.14 bits per heavy atom. The first kappa shape index (κ1) is 15.8. The molecule has 1 aromatic carbocycles. The van der Waals surface area contributed by atoms with Gasteiger partial charge < -0.3 is 20.7 Å². The van der Waals surface area contributed by atoms with Crippen molar-refractivity contribution < 1.29 is 9.53 Å². The summed E-state index contributed by atoms with van der Waals surface area (Å²) in [6.07, 6.45) is 1.96. The Hall–Kier alpha value is -1.59. The number of nitrogens with zero attached hydrogens (tertiary/aromatic N) is 1. The van der Waals surface area contributed by atoms with Gasteiger partial charge in [0.25, 0.3) is 5.91 Å². The van der Waals surface area contributed by atoms with Crippen LogP contribution in [-0.4, -0.2) is 50.1 Å². The maximum atomic E-state index is 12.3. The van der Waals surface area contributed by atoms with Crippen molar-refractivity contribution in [1.82, 2.24) is 10.2 Å². The molecule has 5 nitrogen and oxygen atoms in total. The fraction of sp³-hybridized carbons (Fsp3) is 0.562. The monoisotopic (exact) mass is 291 g/mol. The lowest BCUT2D eigenvalue weighted by atomic mass is 10.0. The van der Waals surface area contributed by atoms with Crippen molar-refractivity contribution in [1.29, 1.82) is 0 Å². The van der Waals surface area contributed by atoms with Crippen LogP contribution in [0.2, 0.25) is 0 Å². The van der Waals surface area contributed by atoms with E-state index < -0.39 is 0 Å². The van der Waals surface area contributed by atoms with E-state index in [9.17, 15) is 4.79 Å². The second-order valence-electron chi connectivity index (χ2n) is 5.56. The molecule has 5 heteroatoms. The lowest BCUT2D eigenvalue weighted by molar-refractivity contribution is 0.0911. The first-order chi connectivity index (χ1) is 10.1. The standard InChI is InChI=1S/C16H25N3O2/c1-12-3-4-13(11-15(12)21-2)16(20)18-14-5-8-19(9-6-14)10-7-17/h3-4,11,14H,5-10,17H2,1-2H3,(H,18,20). The van der Waals surface area contributed by atoms with E-state index in [1.54, 1.807) is 13.2 Å². The Kier molecular flexibility index (Phi) is 5.59. The Morgan fingerprint density at radius 3 is 2.76 bits per heavy atom. The van der Waals surface area contributed by atoms with Crippen LogP contribution < -0.4 is 15.8 Å². The van der Waals surface area contributed by atoms with Crippen LogP contribution in [0.25, 0.3) is 0 Å². The maximum Gasteiger partial charge on any atom is 0.251 e. The number of aryl methyl sites for hydroxylation is 1. The third-order valence-corrected chi connectivity index (χ3v) is 4.04. The average molecular weight is 291 g/mol. The maximum absolute atomic E-state index is 12.3. The number of likely N-dealkylation sites (tertiary alicyclic amines) is 1. The second-order valence-corrected chi connectivity index (χ2v) is 5.56. The first-order valence-electron chi connectivity index (χ1n) is 7.52. The van der Waals surface area contributed by atoms with Crippen LogP contribution in [0.5, 0.6) is 5.75 Å². The summed E-state index contributed by atoms with van der Waals surface area (Å²) in [4.78, 5) is 14.6. The smallest absolute Gasteiger partial charge is 0.251 e. The number of rotatable bonds is 5. The number of nitrogens with one attached hydrogen (secondary N) is 1. The molecule has 0 aromatic heterocycles. The van der Waals surface area contributed by atoms with E-state index in [0.29, 0.717) is 12.1 Å². The zero-order valence-corrected chi connectivity index (χ0v) is 12.9. The molecular weight excluding hydrogens is 266 g/mol. The fourth-order valence-electron chi connectivity index (χ4n) is 2.71. The number of hydrogen-bond donors (Lipinski definition) is 2. The first-order valence-corrected chi connectivity index (χ1v) is 7.52. The number of benzene rings is 1. The predicted octanol–water partition coefficient (Wildman–Crippen LogP) is 1.16. The number of carbonyl (C=O) groups is 1. The molecule has 116 valence electrons. The number of methoxy groups -OCH3 is 1. The van der Waals surface area contributed by atoms with E-state index >= 15 is 0 Å². The van der Waals surface area contributed by atoms with Crippen molar-refractivity contribution >= 4 is 5.91 Å². The van der Waals surface area contributed by atoms with Gasteiger partial charge in [-0.05, 0) is 37.5 Å². The minimum atomic E-state index is -0.0226. The summed E-state index contributed by atoms with van der Waals surface area (Å²) >= 11 is 0. The lowest BCUT2D eigenvalue weighted by Crippen LogP contribution is -2.45. The number of carbonyl (C=O) groups excluding carboxylic acids is 1. The van der Waals surface area contributed by atoms with Crippen molar-refractivity contribution in [2.45, 2.75) is 25.8 Å². The molecule has 1 aliphatic rings. The molecule has 1 aromatic rings. The molecule has 0 radical (unpaired) electrons. The molecule has 1 fully saturated rings. The van der Waals surface area contributed by atoms with Crippen molar-refractivity contribution in [3.05, 3.63) is 29.3 Å². The van der Waals surface area contributed by atoms with Gasteiger partial charge in [-0.1, -0.05) is 6.07 Å². The summed E-state index contributed by atoms with van der Waals surface area (Å²) in [5.74, 6) is 0.728. The molecule has 0 aliphatic carbocycles. The summed E-state index contributed by atoms with van der Waals surface area (Å²) < 4.78 is 5.27.